The number of likely N-dealkylation sites (N-methyl/N-ethyl adjacent to an activating group) is 1. The second-order valence-electron chi connectivity index (χ2n) is 27.2. The van der Waals surface area contributed by atoms with Gasteiger partial charge >= 0.3 is 11.9 Å². The van der Waals surface area contributed by atoms with Gasteiger partial charge < -0.3 is 33.3 Å². The van der Waals surface area contributed by atoms with E-state index in [-0.39, 0.29) is 32.2 Å². The molecule has 0 radical (unpaired) electrons. The minimum Gasteiger partial charge on any atom is -0.545 e. The number of allylic oxidation sites excluding steroid dienone is 18. The molecule has 0 saturated heterocycles. The van der Waals surface area contributed by atoms with E-state index in [1.807, 2.05) is 21.1 Å². The summed E-state index contributed by atoms with van der Waals surface area (Å²) in [5, 5.41) is 11.9. The fourth-order valence-corrected chi connectivity index (χ4v) is 11.1. The smallest absolute Gasteiger partial charge is 0.306 e. The highest BCUT2D eigenvalue weighted by molar-refractivity contribution is 5.70. The Labute approximate surface area is 575 Å². The number of carboxylic acid groups (broad SMARTS) is 1. The van der Waals surface area contributed by atoms with Gasteiger partial charge in [0.05, 0.1) is 40.3 Å². The van der Waals surface area contributed by atoms with Crippen molar-refractivity contribution in [3.05, 3.63) is 109 Å². The zero-order valence-corrected chi connectivity index (χ0v) is 61.4. The molecule has 2 atom stereocenters. The first-order chi connectivity index (χ1) is 45.6. The second kappa shape index (κ2) is 73.8. The first-order valence-electron chi connectivity index (χ1n) is 39.0. The normalized spacial score (nSPS) is 13.3. The number of hydrogen-bond acceptors (Lipinski definition) is 8. The summed E-state index contributed by atoms with van der Waals surface area (Å²) in [5.41, 5.74) is 0. The summed E-state index contributed by atoms with van der Waals surface area (Å²) in [6.07, 6.45) is 101. The molecule has 0 aromatic heterocycles. The number of carbonyl (C=O) groups excluding carboxylic acids is 3. The molecule has 0 spiro atoms. The number of aliphatic carboxylic acids is 1. The number of carboxylic acids is 1. The van der Waals surface area contributed by atoms with Gasteiger partial charge in [-0.1, -0.05) is 348 Å². The van der Waals surface area contributed by atoms with Gasteiger partial charge in [-0.2, -0.15) is 0 Å². The Bertz CT molecular complexity index is 1900. The number of carbonyl (C=O) groups is 3. The van der Waals surface area contributed by atoms with E-state index in [2.05, 4.69) is 123 Å². The number of rotatable bonds is 72. The van der Waals surface area contributed by atoms with Crippen LogP contribution in [-0.2, 0) is 33.3 Å². The van der Waals surface area contributed by atoms with Crippen LogP contribution in [0.5, 0.6) is 0 Å². The van der Waals surface area contributed by atoms with Crippen molar-refractivity contribution in [2.75, 3.05) is 47.5 Å². The molecule has 0 saturated carbocycles. The third-order valence-electron chi connectivity index (χ3n) is 17.0. The van der Waals surface area contributed by atoms with Crippen molar-refractivity contribution in [3.63, 3.8) is 0 Å². The van der Waals surface area contributed by atoms with Crippen LogP contribution in [0.1, 0.15) is 348 Å². The zero-order valence-electron chi connectivity index (χ0n) is 61.4. The van der Waals surface area contributed by atoms with E-state index in [9.17, 15) is 19.5 Å². The van der Waals surface area contributed by atoms with Crippen LogP contribution in [0, 0.1) is 0 Å². The predicted molar refractivity (Wildman–Crippen MR) is 398 cm³/mol. The molecule has 0 fully saturated rings. The van der Waals surface area contributed by atoms with Gasteiger partial charge in [-0.15, -0.1) is 0 Å². The van der Waals surface area contributed by atoms with Crippen LogP contribution >= 0.6 is 0 Å². The lowest BCUT2D eigenvalue weighted by Gasteiger charge is -2.26. The van der Waals surface area contributed by atoms with Crippen LogP contribution < -0.4 is 5.11 Å². The van der Waals surface area contributed by atoms with Gasteiger partial charge in [0.1, 0.15) is 13.2 Å². The summed E-state index contributed by atoms with van der Waals surface area (Å²) >= 11 is 0. The third kappa shape index (κ3) is 75.2. The molecule has 0 rings (SSSR count). The van der Waals surface area contributed by atoms with E-state index in [1.165, 1.54) is 225 Å². The molecule has 0 bridgehead atoms. The maximum Gasteiger partial charge on any atom is 0.306 e. The van der Waals surface area contributed by atoms with E-state index < -0.39 is 24.3 Å². The Kier molecular flexibility index (Phi) is 70.5. The lowest BCUT2D eigenvalue weighted by molar-refractivity contribution is -0.870. The summed E-state index contributed by atoms with van der Waals surface area (Å²) in [7, 11) is 5.94. The van der Waals surface area contributed by atoms with E-state index in [1.54, 1.807) is 0 Å². The highest BCUT2D eigenvalue weighted by atomic mass is 16.7. The van der Waals surface area contributed by atoms with Crippen molar-refractivity contribution in [1.29, 1.82) is 0 Å². The molecule has 9 nitrogen and oxygen atoms in total. The molecule has 0 heterocycles. The number of ether oxygens (including phenoxy) is 4. The van der Waals surface area contributed by atoms with E-state index in [0.717, 1.165) is 89.9 Å². The van der Waals surface area contributed by atoms with Gasteiger partial charge in [0.2, 0.25) is 0 Å². The summed E-state index contributed by atoms with van der Waals surface area (Å²) in [6, 6.07) is 0. The minimum absolute atomic E-state index is 0.147. The number of quaternary nitrogens is 1. The molecular weight excluding hydrogens is 1150 g/mol. The van der Waals surface area contributed by atoms with Gasteiger partial charge in [-0.25, -0.2) is 0 Å². The zero-order chi connectivity index (χ0) is 67.5. The second-order valence-corrected chi connectivity index (χ2v) is 27.2. The molecule has 93 heavy (non-hydrogen) atoms. The molecule has 0 aliphatic rings. The first-order valence-corrected chi connectivity index (χ1v) is 39.0. The predicted octanol–water partition coefficient (Wildman–Crippen LogP) is 23.6. The fourth-order valence-electron chi connectivity index (χ4n) is 11.1. The lowest BCUT2D eigenvalue weighted by atomic mass is 10.0. The van der Waals surface area contributed by atoms with E-state index in [0.29, 0.717) is 23.9 Å². The van der Waals surface area contributed by atoms with Crippen molar-refractivity contribution < 1.29 is 42.9 Å². The molecule has 0 aliphatic heterocycles. The standard InChI is InChI=1S/C84H147NO8/c1-6-8-10-12-14-16-18-20-22-24-26-28-30-32-34-36-38-40-41-43-45-47-49-51-53-55-57-59-61-63-65-67-69-71-73-75-82(87)93-80(79-92-84(83(88)89)90-77-76-85(3,4)5)78-91-81(86)74-72-70-68-66-64-62-60-58-56-54-52-50-48-46-44-42-39-37-35-33-31-29-27-25-23-21-19-17-15-13-11-9-7-2/h8-11,14-17,20-23,26-29,32,34,80,84H,6-7,12-13,18-19,24-25,30-31,33,35-79H2,1-5H3/b10-8-,11-9-,16-14-,17-15-,22-20-,23-21-,28-26-,29-27-,34-32-. The van der Waals surface area contributed by atoms with E-state index in [4.69, 9.17) is 18.9 Å². The van der Waals surface area contributed by atoms with Crippen molar-refractivity contribution in [2.24, 2.45) is 0 Å². The quantitative estimate of drug-likeness (QED) is 0.0195. The van der Waals surface area contributed by atoms with Crippen LogP contribution in [-0.4, -0.2) is 82.3 Å². The van der Waals surface area contributed by atoms with Crippen molar-refractivity contribution in [2.45, 2.75) is 360 Å². The van der Waals surface area contributed by atoms with Gasteiger partial charge in [0, 0.05) is 12.8 Å². The molecule has 9 heteroatoms. The fraction of sp³-hybridized carbons (Fsp3) is 0.750. The summed E-state index contributed by atoms with van der Waals surface area (Å²) in [5.74, 6) is -2.26. The van der Waals surface area contributed by atoms with Crippen LogP contribution in [0.15, 0.2) is 109 Å². The Morgan fingerprint density at radius 2 is 0.581 bits per heavy atom. The lowest BCUT2D eigenvalue weighted by Crippen LogP contribution is -2.44. The average molecular weight is 1300 g/mol. The van der Waals surface area contributed by atoms with Crippen LogP contribution in [0.4, 0.5) is 0 Å². The summed E-state index contributed by atoms with van der Waals surface area (Å²) in [6.45, 7) is 4.57. The largest absolute Gasteiger partial charge is 0.545 e. The maximum absolute atomic E-state index is 13.0. The van der Waals surface area contributed by atoms with Crippen molar-refractivity contribution in [3.8, 4) is 0 Å². The SMILES string of the molecule is CC/C=C\C/C=C\C/C=C\C/C=C\C/C=C\CCCCCCCCCCCCCCCCCCCCCC(=O)OC(COC(=O)CCCCCCCCCCCCCCCCCCCCCC/C=C\C/C=C\C/C=C\C/C=C\CC)COC(OCC[N+](C)(C)C)C(=O)[O-]. The summed E-state index contributed by atoms with van der Waals surface area (Å²) < 4.78 is 22.9. The molecular formula is C84H147NO8. The highest BCUT2D eigenvalue weighted by Gasteiger charge is 2.22. The molecule has 0 aromatic carbocycles. The minimum atomic E-state index is -1.62. The Morgan fingerprint density at radius 1 is 0.323 bits per heavy atom. The number of unbranched alkanes of at least 4 members (excludes halogenated alkanes) is 39. The number of nitrogens with zero attached hydrogens (tertiary/aromatic N) is 1. The van der Waals surface area contributed by atoms with Gasteiger partial charge in [0.25, 0.3) is 0 Å². The monoisotopic (exact) mass is 1300 g/mol. The molecule has 0 N–H and O–H groups in total. The third-order valence-corrected chi connectivity index (χ3v) is 17.0. The molecule has 0 aromatic rings. The van der Waals surface area contributed by atoms with Crippen molar-refractivity contribution >= 4 is 17.9 Å². The molecule has 2 unspecified atom stereocenters. The average Bonchev–Trinajstić information content (AvgIpc) is 3.74. The van der Waals surface area contributed by atoms with E-state index >= 15 is 0 Å². The number of esters is 2. The first kappa shape index (κ1) is 89.0. The van der Waals surface area contributed by atoms with Crippen LogP contribution in [0.3, 0.4) is 0 Å². The van der Waals surface area contributed by atoms with Crippen LogP contribution in [0.25, 0.3) is 0 Å². The molecule has 0 amide bonds. The Hall–Kier alpha value is -4.05. The van der Waals surface area contributed by atoms with Gasteiger partial charge in [-0.05, 0) is 96.3 Å². The van der Waals surface area contributed by atoms with Crippen LogP contribution in [0.2, 0.25) is 0 Å². The van der Waals surface area contributed by atoms with Gasteiger partial charge in [-0.3, -0.25) is 9.59 Å². The topological polar surface area (TPSA) is 111 Å². The molecule has 536 valence electrons. The Balaban J connectivity index is 4.01. The van der Waals surface area contributed by atoms with Crippen molar-refractivity contribution in [1.82, 2.24) is 0 Å². The maximum atomic E-state index is 13.0. The summed E-state index contributed by atoms with van der Waals surface area (Å²) in [4.78, 5) is 37.6. The number of hydrogen-bond donors (Lipinski definition) is 0. The molecule has 0 aliphatic carbocycles. The highest BCUT2D eigenvalue weighted by Crippen LogP contribution is 2.19. The van der Waals surface area contributed by atoms with Gasteiger partial charge in [0.15, 0.2) is 12.4 Å². The Morgan fingerprint density at radius 3 is 0.860 bits per heavy atom.